The first-order chi connectivity index (χ1) is 8.88. The minimum atomic E-state index is -3.80. The van der Waals surface area contributed by atoms with Crippen molar-refractivity contribution in [2.45, 2.75) is 36.8 Å². The van der Waals surface area contributed by atoms with E-state index in [-0.39, 0.29) is 28.6 Å². The Labute approximate surface area is 111 Å². The third kappa shape index (κ3) is 3.34. The van der Waals surface area contributed by atoms with E-state index in [0.29, 0.717) is 6.61 Å². The first kappa shape index (κ1) is 14.0. The minimum Gasteiger partial charge on any atom is -0.376 e. The first-order valence-electron chi connectivity index (χ1n) is 6.01. The fourth-order valence-electron chi connectivity index (χ4n) is 2.04. The van der Waals surface area contributed by atoms with Crippen LogP contribution in [0.15, 0.2) is 17.2 Å². The lowest BCUT2D eigenvalue weighted by Gasteiger charge is -2.19. The molecule has 2 rings (SSSR count). The second-order valence-electron chi connectivity index (χ2n) is 4.61. The second-order valence-corrected chi connectivity index (χ2v) is 6.17. The zero-order chi connectivity index (χ0) is 14.0. The lowest BCUT2D eigenvalue weighted by atomic mass is 10.1. The fourth-order valence-corrected chi connectivity index (χ4v) is 2.55. The lowest BCUT2D eigenvalue weighted by molar-refractivity contribution is 0.0710. The maximum absolute atomic E-state index is 11.9. The molecule has 19 heavy (non-hydrogen) atoms. The van der Waals surface area contributed by atoms with Gasteiger partial charge in [0.25, 0.3) is 5.91 Å². The maximum Gasteiger partial charge on any atom is 0.268 e. The molecule has 8 heteroatoms. The predicted octanol–water partition coefficient (Wildman–Crippen LogP) is -0.0406. The predicted molar refractivity (Wildman–Crippen MR) is 68.1 cm³/mol. The highest BCUT2D eigenvalue weighted by Crippen LogP contribution is 2.16. The summed E-state index contributed by atoms with van der Waals surface area (Å²) in [5.74, 6) is -0.377. The average Bonchev–Trinajstić information content (AvgIpc) is 3.00. The molecule has 2 heterocycles. The van der Waals surface area contributed by atoms with E-state index in [4.69, 9.17) is 9.88 Å². The van der Waals surface area contributed by atoms with E-state index in [9.17, 15) is 13.2 Å². The molecule has 1 aliphatic rings. The smallest absolute Gasteiger partial charge is 0.268 e. The Morgan fingerprint density at radius 1 is 1.63 bits per heavy atom. The number of carbonyl (C=O) groups excluding carboxylic acids is 1. The van der Waals surface area contributed by atoms with E-state index in [1.807, 2.05) is 6.92 Å². The van der Waals surface area contributed by atoms with Gasteiger partial charge in [-0.2, -0.15) is 0 Å². The highest BCUT2D eigenvalue weighted by atomic mass is 32.2. The van der Waals surface area contributed by atoms with Crippen molar-refractivity contribution in [2.24, 2.45) is 5.14 Å². The molecule has 1 saturated heterocycles. The molecular formula is C11H17N3O4S. The summed E-state index contributed by atoms with van der Waals surface area (Å²) in [6.45, 7) is 2.57. The topological polar surface area (TPSA) is 114 Å². The van der Waals surface area contributed by atoms with Crippen molar-refractivity contribution in [1.29, 1.82) is 0 Å². The molecule has 0 saturated carbocycles. The molecule has 7 nitrogen and oxygen atoms in total. The number of aromatic nitrogens is 1. The fraction of sp³-hybridized carbons (Fsp3) is 0.545. The number of hydrogen-bond acceptors (Lipinski definition) is 4. The second kappa shape index (κ2) is 5.32. The van der Waals surface area contributed by atoms with Crippen LogP contribution < -0.4 is 10.5 Å². The van der Waals surface area contributed by atoms with Crippen molar-refractivity contribution in [3.05, 3.63) is 18.0 Å². The van der Waals surface area contributed by atoms with Gasteiger partial charge >= 0.3 is 0 Å². The Morgan fingerprint density at radius 3 is 2.89 bits per heavy atom. The van der Waals surface area contributed by atoms with Gasteiger partial charge in [-0.05, 0) is 25.8 Å². The Kier molecular flexibility index (Phi) is 3.93. The van der Waals surface area contributed by atoms with E-state index in [2.05, 4.69) is 10.3 Å². The van der Waals surface area contributed by atoms with Crippen molar-refractivity contribution < 1.29 is 17.9 Å². The summed E-state index contributed by atoms with van der Waals surface area (Å²) in [5, 5.41) is 7.74. The van der Waals surface area contributed by atoms with Crippen LogP contribution in [-0.2, 0) is 14.8 Å². The average molecular weight is 287 g/mol. The largest absolute Gasteiger partial charge is 0.376 e. The zero-order valence-electron chi connectivity index (χ0n) is 10.5. The molecule has 1 aliphatic heterocycles. The monoisotopic (exact) mass is 287 g/mol. The molecule has 4 N–H and O–H groups in total. The number of ether oxygens (including phenoxy) is 1. The molecule has 1 aromatic heterocycles. The summed E-state index contributed by atoms with van der Waals surface area (Å²) < 4.78 is 27.7. The summed E-state index contributed by atoms with van der Waals surface area (Å²) in [4.78, 5) is 14.4. The summed E-state index contributed by atoms with van der Waals surface area (Å²) in [7, 11) is -3.80. The summed E-state index contributed by atoms with van der Waals surface area (Å²) in [5.41, 5.74) is 0.161. The van der Waals surface area contributed by atoms with Gasteiger partial charge in [0.05, 0.1) is 17.0 Å². The van der Waals surface area contributed by atoms with Crippen LogP contribution in [0, 0.1) is 0 Å². The number of rotatable bonds is 4. The van der Waals surface area contributed by atoms with Crippen molar-refractivity contribution in [3.63, 3.8) is 0 Å². The van der Waals surface area contributed by atoms with Gasteiger partial charge in [-0.1, -0.05) is 0 Å². The molecule has 0 spiro atoms. The number of hydrogen-bond donors (Lipinski definition) is 3. The van der Waals surface area contributed by atoms with Crippen LogP contribution in [0.1, 0.15) is 30.3 Å². The normalized spacial score (nSPS) is 21.3. The standard InChI is InChI=1S/C11H17N3O4S/c1-7(10-3-2-4-18-10)14-11(15)9-5-8(6-13-9)19(12,16)17/h5-7,10,13H,2-4H2,1H3,(H,14,15)(H2,12,16,17). The molecule has 0 radical (unpaired) electrons. The van der Waals surface area contributed by atoms with Crippen LogP contribution in [0.3, 0.4) is 0 Å². The third-order valence-corrected chi connectivity index (χ3v) is 4.00. The number of nitrogens with one attached hydrogen (secondary N) is 2. The first-order valence-corrected chi connectivity index (χ1v) is 7.56. The molecule has 1 fully saturated rings. The summed E-state index contributed by atoms with van der Waals surface area (Å²) in [6.07, 6.45) is 3.11. The minimum absolute atomic E-state index is 0.0108. The highest BCUT2D eigenvalue weighted by Gasteiger charge is 2.24. The summed E-state index contributed by atoms with van der Waals surface area (Å²) in [6, 6.07) is 1.09. The molecule has 106 valence electrons. The van der Waals surface area contributed by atoms with Gasteiger partial charge in [0.15, 0.2) is 0 Å². The Bertz CT molecular complexity index is 560. The van der Waals surface area contributed by atoms with Crippen LogP contribution >= 0.6 is 0 Å². The van der Waals surface area contributed by atoms with Crippen molar-refractivity contribution in [1.82, 2.24) is 10.3 Å². The number of nitrogens with two attached hydrogens (primary N) is 1. The number of amides is 1. The van der Waals surface area contributed by atoms with Crippen LogP contribution in [0.4, 0.5) is 0 Å². The summed E-state index contributed by atoms with van der Waals surface area (Å²) >= 11 is 0. The molecule has 2 unspecified atom stereocenters. The van der Waals surface area contributed by atoms with E-state index < -0.39 is 10.0 Å². The van der Waals surface area contributed by atoms with Crippen LogP contribution in [-0.4, -0.2) is 38.1 Å². The van der Waals surface area contributed by atoms with Gasteiger partial charge in [0.2, 0.25) is 10.0 Å². The number of primary sulfonamides is 1. The molecule has 2 atom stereocenters. The molecular weight excluding hydrogens is 270 g/mol. The van der Waals surface area contributed by atoms with Gasteiger partial charge in [-0.15, -0.1) is 0 Å². The van der Waals surface area contributed by atoms with Gasteiger partial charge < -0.3 is 15.0 Å². The van der Waals surface area contributed by atoms with Crippen LogP contribution in [0.25, 0.3) is 0 Å². The molecule has 0 aromatic carbocycles. The maximum atomic E-state index is 11.9. The van der Waals surface area contributed by atoms with Gasteiger partial charge in [0, 0.05) is 12.8 Å². The van der Waals surface area contributed by atoms with E-state index in [1.165, 1.54) is 12.3 Å². The van der Waals surface area contributed by atoms with Crippen LogP contribution in [0.5, 0.6) is 0 Å². The van der Waals surface area contributed by atoms with Crippen molar-refractivity contribution >= 4 is 15.9 Å². The molecule has 1 aromatic rings. The van der Waals surface area contributed by atoms with E-state index in [1.54, 1.807) is 0 Å². The SMILES string of the molecule is CC(NC(=O)c1cc(S(N)(=O)=O)c[nH]1)C1CCCO1. The van der Waals surface area contributed by atoms with E-state index >= 15 is 0 Å². The molecule has 0 aliphatic carbocycles. The van der Waals surface area contributed by atoms with Crippen LogP contribution in [0.2, 0.25) is 0 Å². The number of carbonyl (C=O) groups is 1. The highest BCUT2D eigenvalue weighted by molar-refractivity contribution is 7.89. The van der Waals surface area contributed by atoms with E-state index in [0.717, 1.165) is 12.8 Å². The van der Waals surface area contributed by atoms with Crippen molar-refractivity contribution in [2.75, 3.05) is 6.61 Å². The van der Waals surface area contributed by atoms with Gasteiger partial charge in [-0.3, -0.25) is 4.79 Å². The molecule has 0 bridgehead atoms. The number of sulfonamides is 1. The Morgan fingerprint density at radius 2 is 2.37 bits per heavy atom. The number of aromatic amines is 1. The number of H-pyrrole nitrogens is 1. The quantitative estimate of drug-likeness (QED) is 0.720. The van der Waals surface area contributed by atoms with Gasteiger partial charge in [-0.25, -0.2) is 13.6 Å². The van der Waals surface area contributed by atoms with Crippen molar-refractivity contribution in [3.8, 4) is 0 Å². The molecule has 1 amide bonds. The Hall–Kier alpha value is -1.38. The zero-order valence-corrected chi connectivity index (χ0v) is 11.4. The van der Waals surface area contributed by atoms with Gasteiger partial charge in [0.1, 0.15) is 5.69 Å². The lowest BCUT2D eigenvalue weighted by Crippen LogP contribution is -2.40. The Balaban J connectivity index is 2.01. The third-order valence-electron chi connectivity index (χ3n) is 3.11.